The molecule has 0 amide bonds. The number of morpholine rings is 1. The molecule has 0 unspecified atom stereocenters. The van der Waals surface area contributed by atoms with Crippen molar-refractivity contribution in [2.75, 3.05) is 39.5 Å². The summed E-state index contributed by atoms with van der Waals surface area (Å²) in [6.45, 7) is 4.85. The van der Waals surface area contributed by atoms with Gasteiger partial charge in [-0.2, -0.15) is 9.61 Å². The summed E-state index contributed by atoms with van der Waals surface area (Å²) >= 11 is 0. The van der Waals surface area contributed by atoms with Crippen molar-refractivity contribution in [3.05, 3.63) is 63.4 Å². The number of imidazole rings is 1. The first kappa shape index (κ1) is 22.5. The molecule has 3 aromatic heterocycles. The number of rotatable bonds is 7. The Morgan fingerprint density at radius 3 is 2.86 bits per heavy atom. The highest BCUT2D eigenvalue weighted by atomic mass is 16.5. The Labute approximate surface area is 205 Å². The molecule has 11 heteroatoms. The van der Waals surface area contributed by atoms with Gasteiger partial charge in [-0.3, -0.25) is 14.9 Å². The first-order valence-electron chi connectivity index (χ1n) is 12.1. The molecule has 6 rings (SSSR count). The van der Waals surface area contributed by atoms with Crippen molar-refractivity contribution in [1.82, 2.24) is 29.5 Å². The average Bonchev–Trinajstić information content (AvgIpc) is 3.52. The fourth-order valence-electron chi connectivity index (χ4n) is 4.21. The minimum atomic E-state index is -0.487. The van der Waals surface area contributed by atoms with Crippen LogP contribution < -0.4 is 21.1 Å². The standard InChI is InChI=1S/C25H27N7O4/c33-24-21(29-25(34)30-24)13-17-15-26-32-22(27-18-4-5-18)14-20(28-23(17)32)16-2-1-3-19(12-16)36-11-8-31-6-9-35-10-7-31/h1-3,12-15,18,33H,4-11H2,(H2,29,30,34)/b17-13+,27-22?. The number of ether oxygens (including phenoxy) is 2. The zero-order valence-corrected chi connectivity index (χ0v) is 19.7. The Morgan fingerprint density at radius 1 is 1.22 bits per heavy atom. The molecule has 0 atom stereocenters. The highest BCUT2D eigenvalue weighted by Gasteiger charge is 2.20. The Morgan fingerprint density at radius 2 is 2.08 bits per heavy atom. The maximum absolute atomic E-state index is 11.6. The van der Waals surface area contributed by atoms with E-state index >= 15 is 0 Å². The SMILES string of the molecule is O=c1[nH]c(O)c(/C=c2\cnn3c(=NC4CC4)cc(-c4cccc(OCCN5CCOCC5)c4)nc23)[nH]1. The molecule has 1 aliphatic carbocycles. The van der Waals surface area contributed by atoms with Crippen molar-refractivity contribution < 1.29 is 14.6 Å². The first-order valence-corrected chi connectivity index (χ1v) is 12.1. The lowest BCUT2D eigenvalue weighted by atomic mass is 10.1. The summed E-state index contributed by atoms with van der Waals surface area (Å²) in [6, 6.07) is 10.1. The molecular formula is C25H27N7O4. The summed E-state index contributed by atoms with van der Waals surface area (Å²) in [5, 5.41) is 15.1. The van der Waals surface area contributed by atoms with E-state index < -0.39 is 5.69 Å². The van der Waals surface area contributed by atoms with Gasteiger partial charge in [-0.05, 0) is 31.1 Å². The Kier molecular flexibility index (Phi) is 5.99. The van der Waals surface area contributed by atoms with Gasteiger partial charge in [0.2, 0.25) is 5.88 Å². The first-order chi connectivity index (χ1) is 17.6. The van der Waals surface area contributed by atoms with Gasteiger partial charge in [-0.15, -0.1) is 0 Å². The van der Waals surface area contributed by atoms with E-state index in [1.54, 1.807) is 16.8 Å². The zero-order valence-electron chi connectivity index (χ0n) is 19.7. The van der Waals surface area contributed by atoms with Crippen molar-refractivity contribution in [3.63, 3.8) is 0 Å². The van der Waals surface area contributed by atoms with Crippen LogP contribution in [-0.4, -0.2) is 80.1 Å². The molecule has 0 spiro atoms. The van der Waals surface area contributed by atoms with E-state index in [1.165, 1.54) is 0 Å². The lowest BCUT2D eigenvalue weighted by Crippen LogP contribution is -2.38. The molecule has 1 saturated carbocycles. The molecule has 0 bridgehead atoms. The molecule has 1 aromatic carbocycles. The molecule has 186 valence electrons. The molecule has 2 aliphatic rings. The number of aromatic amines is 2. The molecule has 1 saturated heterocycles. The van der Waals surface area contributed by atoms with E-state index in [9.17, 15) is 9.90 Å². The van der Waals surface area contributed by atoms with Gasteiger partial charge >= 0.3 is 5.69 Å². The summed E-state index contributed by atoms with van der Waals surface area (Å²) in [6.07, 6.45) is 5.40. The topological polar surface area (TPSA) is 133 Å². The molecule has 3 N–H and O–H groups in total. The molecule has 0 radical (unpaired) electrons. The molecule has 1 aliphatic heterocycles. The van der Waals surface area contributed by atoms with Crippen molar-refractivity contribution in [2.45, 2.75) is 18.9 Å². The van der Waals surface area contributed by atoms with E-state index in [4.69, 9.17) is 19.5 Å². The van der Waals surface area contributed by atoms with Gasteiger partial charge in [-0.1, -0.05) is 12.1 Å². The summed E-state index contributed by atoms with van der Waals surface area (Å²) in [5.41, 5.74) is 2.70. The third-order valence-corrected chi connectivity index (χ3v) is 6.29. The van der Waals surface area contributed by atoms with Crippen LogP contribution in [0.5, 0.6) is 11.6 Å². The maximum atomic E-state index is 11.6. The minimum absolute atomic E-state index is 0.236. The normalized spacial score (nSPS) is 17.8. The number of H-pyrrole nitrogens is 2. The largest absolute Gasteiger partial charge is 0.493 e. The van der Waals surface area contributed by atoms with Crippen LogP contribution in [0.2, 0.25) is 0 Å². The monoisotopic (exact) mass is 489 g/mol. The molecule has 4 heterocycles. The molecule has 4 aromatic rings. The minimum Gasteiger partial charge on any atom is -0.493 e. The van der Waals surface area contributed by atoms with E-state index in [0.29, 0.717) is 29.0 Å². The lowest BCUT2D eigenvalue weighted by Gasteiger charge is -2.26. The van der Waals surface area contributed by atoms with Crippen LogP contribution in [0.1, 0.15) is 18.5 Å². The predicted molar refractivity (Wildman–Crippen MR) is 132 cm³/mol. The number of nitrogens with one attached hydrogen (secondary N) is 2. The van der Waals surface area contributed by atoms with Crippen LogP contribution in [-0.2, 0) is 4.74 Å². The second-order valence-electron chi connectivity index (χ2n) is 9.01. The van der Waals surface area contributed by atoms with Crippen molar-refractivity contribution in [2.24, 2.45) is 4.99 Å². The maximum Gasteiger partial charge on any atom is 0.326 e. The van der Waals surface area contributed by atoms with Gasteiger partial charge < -0.3 is 19.6 Å². The number of fused-ring (bicyclic) bond motifs is 1. The number of nitrogens with zero attached hydrogens (tertiary/aromatic N) is 5. The highest BCUT2D eigenvalue weighted by Crippen LogP contribution is 2.24. The van der Waals surface area contributed by atoms with E-state index in [-0.39, 0.29) is 11.6 Å². The van der Waals surface area contributed by atoms with Gasteiger partial charge in [0.05, 0.1) is 31.1 Å². The Hall–Kier alpha value is -3.96. The van der Waals surface area contributed by atoms with Crippen molar-refractivity contribution >= 4 is 11.7 Å². The van der Waals surface area contributed by atoms with Crippen LogP contribution in [0.25, 0.3) is 23.0 Å². The predicted octanol–water partition coefficient (Wildman–Crippen LogP) is 0.440. The summed E-state index contributed by atoms with van der Waals surface area (Å²) < 4.78 is 13.1. The second-order valence-corrected chi connectivity index (χ2v) is 9.01. The number of hydrogen-bond acceptors (Lipinski definition) is 8. The van der Waals surface area contributed by atoms with Crippen molar-refractivity contribution in [1.29, 1.82) is 0 Å². The van der Waals surface area contributed by atoms with Gasteiger partial charge in [-0.25, -0.2) is 9.78 Å². The van der Waals surface area contributed by atoms with E-state index in [2.05, 4.69) is 20.0 Å². The molecule has 11 nitrogen and oxygen atoms in total. The van der Waals surface area contributed by atoms with Crippen LogP contribution >= 0.6 is 0 Å². The molecular weight excluding hydrogens is 462 g/mol. The number of hydrogen-bond donors (Lipinski definition) is 3. The number of aromatic nitrogens is 5. The number of aromatic hydroxyl groups is 1. The number of benzene rings is 1. The fourth-order valence-corrected chi connectivity index (χ4v) is 4.21. The Balaban J connectivity index is 1.35. The van der Waals surface area contributed by atoms with Gasteiger partial charge in [0, 0.05) is 36.5 Å². The summed E-state index contributed by atoms with van der Waals surface area (Å²) in [7, 11) is 0. The van der Waals surface area contributed by atoms with Crippen molar-refractivity contribution in [3.8, 4) is 22.9 Å². The van der Waals surface area contributed by atoms with Gasteiger partial charge in [0.1, 0.15) is 18.1 Å². The highest BCUT2D eigenvalue weighted by molar-refractivity contribution is 5.64. The molecule has 2 fully saturated rings. The van der Waals surface area contributed by atoms with Crippen LogP contribution in [0.4, 0.5) is 0 Å². The third kappa shape index (κ3) is 4.88. The quantitative estimate of drug-likeness (QED) is 0.343. The molecule has 36 heavy (non-hydrogen) atoms. The van der Waals surface area contributed by atoms with Crippen LogP contribution in [0, 0.1) is 0 Å². The summed E-state index contributed by atoms with van der Waals surface area (Å²) in [5.74, 6) is 0.540. The van der Waals surface area contributed by atoms with E-state index in [0.717, 1.165) is 62.7 Å². The van der Waals surface area contributed by atoms with Crippen LogP contribution in [0.15, 0.2) is 46.3 Å². The smallest absolute Gasteiger partial charge is 0.326 e. The van der Waals surface area contributed by atoms with Crippen LogP contribution in [0.3, 0.4) is 0 Å². The third-order valence-electron chi connectivity index (χ3n) is 6.29. The second kappa shape index (κ2) is 9.59. The van der Waals surface area contributed by atoms with E-state index in [1.807, 2.05) is 30.3 Å². The van der Waals surface area contributed by atoms with Gasteiger partial charge in [0.25, 0.3) is 0 Å². The van der Waals surface area contributed by atoms with Gasteiger partial charge in [0.15, 0.2) is 11.1 Å². The zero-order chi connectivity index (χ0) is 24.5. The fraction of sp³-hybridized carbons (Fsp3) is 0.360. The Bertz CT molecular complexity index is 1560. The average molecular weight is 490 g/mol. The lowest BCUT2D eigenvalue weighted by molar-refractivity contribution is 0.0322. The summed E-state index contributed by atoms with van der Waals surface area (Å²) in [4.78, 5) is 28.5.